The lowest BCUT2D eigenvalue weighted by Gasteiger charge is -2.03. The number of carbonyl (C=O) groups is 1. The van der Waals surface area contributed by atoms with Gasteiger partial charge in [0.2, 0.25) is 11.8 Å². The molecule has 0 radical (unpaired) electrons. The predicted octanol–water partition coefficient (Wildman–Crippen LogP) is 2.15. The molecule has 0 spiro atoms. The second-order valence-electron chi connectivity index (χ2n) is 4.90. The monoisotopic (exact) mass is 343 g/mol. The highest BCUT2D eigenvalue weighted by Crippen LogP contribution is 2.19. The zero-order valence-corrected chi connectivity index (χ0v) is 13.2. The molecule has 0 unspecified atom stereocenters. The average Bonchev–Trinajstić information content (AvgIpc) is 3.04. The first-order chi connectivity index (χ1) is 11.5. The zero-order chi connectivity index (χ0) is 17.0. The summed E-state index contributed by atoms with van der Waals surface area (Å²) in [6.07, 6.45) is 0. The highest BCUT2D eigenvalue weighted by molar-refractivity contribution is 7.92. The number of aromatic nitrogens is 2. The number of sulfone groups is 1. The van der Waals surface area contributed by atoms with Gasteiger partial charge in [-0.1, -0.05) is 41.5 Å². The maximum absolute atomic E-state index is 12.1. The van der Waals surface area contributed by atoms with Crippen LogP contribution in [0.4, 0.5) is 6.01 Å². The first-order valence-corrected chi connectivity index (χ1v) is 8.66. The number of carbonyl (C=O) groups excluding carboxylic acids is 1. The number of nitrogens with one attached hydrogen (secondary N) is 1. The smallest absolute Gasteiger partial charge is 0.322 e. The second kappa shape index (κ2) is 6.63. The van der Waals surface area contributed by atoms with Crippen LogP contribution in [0.15, 0.2) is 70.0 Å². The van der Waals surface area contributed by atoms with Gasteiger partial charge in [-0.3, -0.25) is 10.1 Å². The number of anilines is 1. The fraction of sp³-hybridized carbons (Fsp3) is 0.0625. The Kier molecular flexibility index (Phi) is 4.39. The minimum atomic E-state index is -3.73. The molecule has 0 saturated carbocycles. The maximum atomic E-state index is 12.1. The van der Waals surface area contributed by atoms with E-state index in [4.69, 9.17) is 4.42 Å². The van der Waals surface area contributed by atoms with Crippen LogP contribution >= 0.6 is 0 Å². The summed E-state index contributed by atoms with van der Waals surface area (Å²) >= 11 is 0. The first kappa shape index (κ1) is 15.9. The molecule has 0 aliphatic rings. The van der Waals surface area contributed by atoms with Gasteiger partial charge in [-0.05, 0) is 24.3 Å². The van der Waals surface area contributed by atoms with E-state index in [2.05, 4.69) is 15.5 Å². The second-order valence-corrected chi connectivity index (χ2v) is 6.89. The van der Waals surface area contributed by atoms with Crippen molar-refractivity contribution in [3.63, 3.8) is 0 Å². The molecule has 8 heteroatoms. The van der Waals surface area contributed by atoms with E-state index in [-0.39, 0.29) is 16.8 Å². The van der Waals surface area contributed by atoms with E-state index in [1.54, 1.807) is 30.3 Å². The van der Waals surface area contributed by atoms with Crippen molar-refractivity contribution in [1.82, 2.24) is 10.2 Å². The number of amides is 1. The lowest BCUT2D eigenvalue weighted by atomic mass is 10.2. The molecule has 0 bridgehead atoms. The van der Waals surface area contributed by atoms with Gasteiger partial charge in [0.05, 0.1) is 4.90 Å². The summed E-state index contributed by atoms with van der Waals surface area (Å²) in [7, 11) is -3.73. The van der Waals surface area contributed by atoms with Gasteiger partial charge < -0.3 is 4.42 Å². The third kappa shape index (κ3) is 3.66. The summed E-state index contributed by atoms with van der Waals surface area (Å²) in [6.45, 7) is 0. The van der Waals surface area contributed by atoms with Gasteiger partial charge >= 0.3 is 6.01 Å². The Morgan fingerprint density at radius 3 is 2.25 bits per heavy atom. The van der Waals surface area contributed by atoms with Crippen LogP contribution in [0.2, 0.25) is 0 Å². The molecule has 3 aromatic rings. The fourth-order valence-corrected chi connectivity index (χ4v) is 3.17. The molecule has 0 aliphatic carbocycles. The molecule has 0 atom stereocenters. The SMILES string of the molecule is O=C(CS(=O)(=O)c1ccccc1)Nc1nnc(-c2ccccc2)o1. The molecule has 3 rings (SSSR count). The van der Waals surface area contributed by atoms with Crippen molar-refractivity contribution in [3.05, 3.63) is 60.7 Å². The third-order valence-corrected chi connectivity index (χ3v) is 4.75. The molecule has 7 nitrogen and oxygen atoms in total. The van der Waals surface area contributed by atoms with Crippen molar-refractivity contribution in [3.8, 4) is 11.5 Å². The van der Waals surface area contributed by atoms with Crippen LogP contribution in [-0.4, -0.2) is 30.3 Å². The van der Waals surface area contributed by atoms with Crippen molar-refractivity contribution in [2.24, 2.45) is 0 Å². The van der Waals surface area contributed by atoms with Crippen LogP contribution in [0.1, 0.15) is 0 Å². The Balaban J connectivity index is 1.69. The van der Waals surface area contributed by atoms with Crippen LogP contribution in [0.25, 0.3) is 11.5 Å². The van der Waals surface area contributed by atoms with E-state index in [1.165, 1.54) is 12.1 Å². The van der Waals surface area contributed by atoms with Crippen molar-refractivity contribution in [2.45, 2.75) is 4.90 Å². The van der Waals surface area contributed by atoms with E-state index in [0.717, 1.165) is 0 Å². The molecule has 24 heavy (non-hydrogen) atoms. The van der Waals surface area contributed by atoms with Crippen LogP contribution in [0.5, 0.6) is 0 Å². The van der Waals surface area contributed by atoms with Gasteiger partial charge in [0.1, 0.15) is 5.75 Å². The number of rotatable bonds is 5. The van der Waals surface area contributed by atoms with Crippen LogP contribution in [0.3, 0.4) is 0 Å². The maximum Gasteiger partial charge on any atom is 0.322 e. The van der Waals surface area contributed by atoms with Gasteiger partial charge in [0.15, 0.2) is 9.84 Å². The molecule has 0 saturated heterocycles. The molecule has 1 amide bonds. The zero-order valence-electron chi connectivity index (χ0n) is 12.4. The van der Waals surface area contributed by atoms with E-state index in [1.807, 2.05) is 18.2 Å². The lowest BCUT2D eigenvalue weighted by molar-refractivity contribution is -0.114. The molecule has 0 fully saturated rings. The van der Waals surface area contributed by atoms with Crippen LogP contribution < -0.4 is 5.32 Å². The molecular weight excluding hydrogens is 330 g/mol. The van der Waals surface area contributed by atoms with Gasteiger partial charge in [0, 0.05) is 5.56 Å². The summed E-state index contributed by atoms with van der Waals surface area (Å²) in [5.74, 6) is -1.22. The van der Waals surface area contributed by atoms with Crippen molar-refractivity contribution in [1.29, 1.82) is 0 Å². The number of hydrogen-bond acceptors (Lipinski definition) is 6. The highest BCUT2D eigenvalue weighted by atomic mass is 32.2. The normalized spacial score (nSPS) is 11.2. The van der Waals surface area contributed by atoms with Crippen LogP contribution in [-0.2, 0) is 14.6 Å². The summed E-state index contributed by atoms with van der Waals surface area (Å²) in [5.41, 5.74) is 0.697. The number of nitrogens with zero attached hydrogens (tertiary/aromatic N) is 2. The Morgan fingerprint density at radius 2 is 1.58 bits per heavy atom. The minimum Gasteiger partial charge on any atom is -0.403 e. The average molecular weight is 343 g/mol. The molecule has 1 aromatic heterocycles. The third-order valence-electron chi connectivity index (χ3n) is 3.12. The van der Waals surface area contributed by atoms with Gasteiger partial charge in [-0.2, -0.15) is 0 Å². The van der Waals surface area contributed by atoms with Gasteiger partial charge in [-0.15, -0.1) is 5.10 Å². The summed E-state index contributed by atoms with van der Waals surface area (Å²) < 4.78 is 29.6. The van der Waals surface area contributed by atoms with Crippen LogP contribution in [0, 0.1) is 0 Å². The van der Waals surface area contributed by atoms with E-state index in [9.17, 15) is 13.2 Å². The van der Waals surface area contributed by atoms with Crippen molar-refractivity contribution >= 4 is 21.8 Å². The predicted molar refractivity (Wildman–Crippen MR) is 86.9 cm³/mol. The van der Waals surface area contributed by atoms with E-state index >= 15 is 0 Å². The topological polar surface area (TPSA) is 102 Å². The molecule has 2 aromatic carbocycles. The Hall–Kier alpha value is -3.00. The van der Waals surface area contributed by atoms with E-state index in [0.29, 0.717) is 5.56 Å². The van der Waals surface area contributed by atoms with E-state index < -0.39 is 21.5 Å². The first-order valence-electron chi connectivity index (χ1n) is 7.01. The van der Waals surface area contributed by atoms with Gasteiger partial charge in [-0.25, -0.2) is 8.42 Å². The fourth-order valence-electron chi connectivity index (χ4n) is 2.01. The Morgan fingerprint density at radius 1 is 0.958 bits per heavy atom. The molecule has 0 aliphatic heterocycles. The lowest BCUT2D eigenvalue weighted by Crippen LogP contribution is -2.23. The summed E-state index contributed by atoms with van der Waals surface area (Å²) in [4.78, 5) is 12.0. The Bertz CT molecular complexity index is 938. The number of benzene rings is 2. The van der Waals surface area contributed by atoms with Crippen molar-refractivity contribution in [2.75, 3.05) is 11.1 Å². The minimum absolute atomic E-state index is 0.0793. The molecular formula is C16H13N3O4S. The highest BCUT2D eigenvalue weighted by Gasteiger charge is 2.20. The quantitative estimate of drug-likeness (QED) is 0.761. The molecule has 1 heterocycles. The Labute approximate surface area is 138 Å². The number of hydrogen-bond donors (Lipinski definition) is 1. The van der Waals surface area contributed by atoms with Gasteiger partial charge in [0.25, 0.3) is 0 Å². The largest absolute Gasteiger partial charge is 0.403 e. The summed E-state index contributed by atoms with van der Waals surface area (Å²) in [5, 5.41) is 9.80. The summed E-state index contributed by atoms with van der Waals surface area (Å²) in [6, 6.07) is 16.6. The molecule has 1 N–H and O–H groups in total. The standard InChI is InChI=1S/C16H13N3O4S/c20-14(11-24(21,22)13-9-5-2-6-10-13)17-16-19-18-15(23-16)12-7-3-1-4-8-12/h1-10H,11H2,(H,17,19,20). The molecule has 122 valence electrons. The van der Waals surface area contributed by atoms with Crippen molar-refractivity contribution < 1.29 is 17.6 Å².